The molecule has 2 aliphatic rings. The average molecular weight is 362 g/mol. The normalized spacial score (nSPS) is 26.7. The van der Waals surface area contributed by atoms with Gasteiger partial charge in [-0.05, 0) is 18.1 Å². The predicted molar refractivity (Wildman–Crippen MR) is 101 cm³/mol. The molecular weight excluding hydrogens is 340 g/mol. The number of aryl methyl sites for hydroxylation is 1. The fourth-order valence-corrected chi connectivity index (χ4v) is 4.76. The highest BCUT2D eigenvalue weighted by Gasteiger charge is 2.65. The van der Waals surface area contributed by atoms with Crippen LogP contribution in [0.25, 0.3) is 0 Å². The zero-order chi connectivity index (χ0) is 19.2. The van der Waals surface area contributed by atoms with Crippen molar-refractivity contribution in [3.05, 3.63) is 71.3 Å². The lowest BCUT2D eigenvalue weighted by Crippen LogP contribution is -2.54. The third-order valence-corrected chi connectivity index (χ3v) is 6.13. The van der Waals surface area contributed by atoms with Crippen molar-refractivity contribution >= 4 is 17.6 Å². The number of hydrogen-bond acceptors (Lipinski definition) is 3. The van der Waals surface area contributed by atoms with Crippen LogP contribution in [0.1, 0.15) is 41.9 Å². The van der Waals surface area contributed by atoms with Crippen LogP contribution in [0.15, 0.2) is 54.6 Å². The summed E-state index contributed by atoms with van der Waals surface area (Å²) in [5.41, 5.74) is 6.47. The Bertz CT molecular complexity index is 889. The number of hydrazine groups is 1. The summed E-state index contributed by atoms with van der Waals surface area (Å²) in [5.74, 6) is -2.09. The second-order valence-corrected chi connectivity index (χ2v) is 7.59. The SMILES string of the molecule is Cc1ccc([C@H]2CC(=O)[C@H](C)[C@@H](c3ccccc3)C23C(=O)NNC3=O)cc1. The molecule has 5 heteroatoms. The zero-order valence-electron chi connectivity index (χ0n) is 15.4. The van der Waals surface area contributed by atoms with E-state index in [2.05, 4.69) is 10.9 Å². The Balaban J connectivity index is 1.96. The van der Waals surface area contributed by atoms with Gasteiger partial charge >= 0.3 is 0 Å². The second-order valence-electron chi connectivity index (χ2n) is 7.59. The quantitative estimate of drug-likeness (QED) is 0.807. The minimum atomic E-state index is -1.34. The summed E-state index contributed by atoms with van der Waals surface area (Å²) < 4.78 is 0. The highest BCUT2D eigenvalue weighted by Crippen LogP contribution is 2.57. The Morgan fingerprint density at radius 2 is 1.44 bits per heavy atom. The molecule has 0 radical (unpaired) electrons. The first-order valence-corrected chi connectivity index (χ1v) is 9.21. The lowest BCUT2D eigenvalue weighted by Gasteiger charge is -2.46. The van der Waals surface area contributed by atoms with E-state index in [0.717, 1.165) is 16.7 Å². The summed E-state index contributed by atoms with van der Waals surface area (Å²) in [5, 5.41) is 0. The van der Waals surface area contributed by atoms with Crippen molar-refractivity contribution < 1.29 is 14.4 Å². The molecule has 1 saturated carbocycles. The maximum atomic E-state index is 13.1. The number of Topliss-reactive ketones (excluding diaryl/α,β-unsaturated/α-hetero) is 1. The van der Waals surface area contributed by atoms with E-state index in [-0.39, 0.29) is 24.0 Å². The third kappa shape index (κ3) is 2.49. The van der Waals surface area contributed by atoms with Crippen LogP contribution in [0.2, 0.25) is 0 Å². The maximum Gasteiger partial charge on any atom is 0.255 e. The Morgan fingerprint density at radius 3 is 2.04 bits per heavy atom. The third-order valence-electron chi connectivity index (χ3n) is 6.13. The summed E-state index contributed by atoms with van der Waals surface area (Å²) in [4.78, 5) is 39.2. The monoisotopic (exact) mass is 362 g/mol. The van der Waals surface area contributed by atoms with Crippen molar-refractivity contribution in [1.29, 1.82) is 0 Å². The van der Waals surface area contributed by atoms with Crippen LogP contribution < -0.4 is 10.9 Å². The number of ketones is 1. The Kier molecular flexibility index (Phi) is 4.10. The average Bonchev–Trinajstić information content (AvgIpc) is 2.96. The number of carbonyl (C=O) groups is 3. The molecule has 2 N–H and O–H groups in total. The summed E-state index contributed by atoms with van der Waals surface area (Å²) in [6.07, 6.45) is 0.175. The van der Waals surface area contributed by atoms with Crippen LogP contribution in [-0.4, -0.2) is 17.6 Å². The number of nitrogens with one attached hydrogen (secondary N) is 2. The molecule has 3 atom stereocenters. The van der Waals surface area contributed by atoms with Gasteiger partial charge in [-0.2, -0.15) is 0 Å². The second kappa shape index (κ2) is 6.34. The van der Waals surface area contributed by atoms with Gasteiger partial charge in [0.25, 0.3) is 11.8 Å². The number of rotatable bonds is 2. The number of hydrogen-bond donors (Lipinski definition) is 2. The molecule has 5 nitrogen and oxygen atoms in total. The van der Waals surface area contributed by atoms with Crippen LogP contribution in [0.4, 0.5) is 0 Å². The molecule has 2 fully saturated rings. The van der Waals surface area contributed by atoms with Gasteiger partial charge in [0.2, 0.25) is 0 Å². The van der Waals surface area contributed by atoms with Gasteiger partial charge in [-0.15, -0.1) is 0 Å². The van der Waals surface area contributed by atoms with E-state index in [9.17, 15) is 14.4 Å². The van der Waals surface area contributed by atoms with E-state index in [0.29, 0.717) is 0 Å². The van der Waals surface area contributed by atoms with E-state index in [1.54, 1.807) is 0 Å². The van der Waals surface area contributed by atoms with E-state index in [1.807, 2.05) is 68.4 Å². The van der Waals surface area contributed by atoms with Crippen LogP contribution in [-0.2, 0) is 14.4 Å². The number of benzene rings is 2. The first kappa shape index (κ1) is 17.5. The summed E-state index contributed by atoms with van der Waals surface area (Å²) >= 11 is 0. The lowest BCUT2D eigenvalue weighted by atomic mass is 9.52. The van der Waals surface area contributed by atoms with Crippen molar-refractivity contribution in [1.82, 2.24) is 10.9 Å². The molecular formula is C22H22N2O3. The fourth-order valence-electron chi connectivity index (χ4n) is 4.76. The van der Waals surface area contributed by atoms with E-state index < -0.39 is 23.2 Å². The molecule has 27 heavy (non-hydrogen) atoms. The van der Waals surface area contributed by atoms with Gasteiger partial charge in [0, 0.05) is 24.2 Å². The van der Waals surface area contributed by atoms with Gasteiger partial charge in [-0.25, -0.2) is 0 Å². The lowest BCUT2D eigenvalue weighted by molar-refractivity contribution is -0.146. The van der Waals surface area contributed by atoms with E-state index in [1.165, 1.54) is 0 Å². The molecule has 0 aromatic heterocycles. The first-order valence-electron chi connectivity index (χ1n) is 9.21. The molecule has 2 aromatic rings. The standard InChI is InChI=1S/C22H22N2O3/c1-13-8-10-15(11-9-13)17-12-18(25)14(2)19(16-6-4-3-5-7-16)22(17)20(26)23-24-21(22)27/h3-11,14,17,19H,12H2,1-2H3,(H,23,26)(H,24,27)/t14-,17+,19-/m0/s1. The Morgan fingerprint density at radius 1 is 0.852 bits per heavy atom. The molecule has 4 rings (SSSR count). The predicted octanol–water partition coefficient (Wildman–Crippen LogP) is 2.62. The van der Waals surface area contributed by atoms with Gasteiger partial charge in [0.05, 0.1) is 0 Å². The molecule has 1 heterocycles. The largest absolute Gasteiger partial charge is 0.299 e. The Labute approximate surface area is 158 Å². The summed E-state index contributed by atoms with van der Waals surface area (Å²) in [7, 11) is 0. The van der Waals surface area contributed by atoms with E-state index in [4.69, 9.17) is 0 Å². The molecule has 2 aromatic carbocycles. The van der Waals surface area contributed by atoms with Crippen molar-refractivity contribution in [3.8, 4) is 0 Å². The summed E-state index contributed by atoms with van der Waals surface area (Å²) in [6, 6.07) is 17.2. The van der Waals surface area contributed by atoms with Gasteiger partial charge in [-0.3, -0.25) is 25.2 Å². The van der Waals surface area contributed by atoms with Gasteiger partial charge < -0.3 is 0 Å². The molecule has 0 unspecified atom stereocenters. The fraction of sp³-hybridized carbons (Fsp3) is 0.318. The van der Waals surface area contributed by atoms with Crippen LogP contribution in [0, 0.1) is 18.3 Å². The topological polar surface area (TPSA) is 75.3 Å². The summed E-state index contributed by atoms with van der Waals surface area (Å²) in [6.45, 7) is 3.81. The molecule has 1 aliphatic heterocycles. The smallest absolute Gasteiger partial charge is 0.255 e. The van der Waals surface area contributed by atoms with Crippen molar-refractivity contribution in [2.45, 2.75) is 32.1 Å². The first-order chi connectivity index (χ1) is 13.0. The van der Waals surface area contributed by atoms with Crippen LogP contribution >= 0.6 is 0 Å². The minimum Gasteiger partial charge on any atom is -0.299 e. The highest BCUT2D eigenvalue weighted by molar-refractivity contribution is 6.13. The number of carbonyl (C=O) groups excluding carboxylic acids is 3. The van der Waals surface area contributed by atoms with Gasteiger partial charge in [0.1, 0.15) is 11.2 Å². The molecule has 1 saturated heterocycles. The molecule has 138 valence electrons. The molecule has 1 spiro atoms. The van der Waals surface area contributed by atoms with E-state index >= 15 is 0 Å². The Hall–Kier alpha value is -2.95. The van der Waals surface area contributed by atoms with Crippen molar-refractivity contribution in [2.75, 3.05) is 0 Å². The minimum absolute atomic E-state index is 0.0764. The van der Waals surface area contributed by atoms with Crippen molar-refractivity contribution in [3.63, 3.8) is 0 Å². The van der Waals surface area contributed by atoms with Crippen LogP contribution in [0.3, 0.4) is 0 Å². The number of amides is 2. The zero-order valence-corrected chi connectivity index (χ0v) is 15.4. The molecule has 1 aliphatic carbocycles. The van der Waals surface area contributed by atoms with Crippen molar-refractivity contribution in [2.24, 2.45) is 11.3 Å². The maximum absolute atomic E-state index is 13.1. The van der Waals surface area contributed by atoms with Gasteiger partial charge in [0.15, 0.2) is 0 Å². The van der Waals surface area contributed by atoms with Crippen LogP contribution in [0.5, 0.6) is 0 Å². The molecule has 2 amide bonds. The molecule has 0 bridgehead atoms. The van der Waals surface area contributed by atoms with Gasteiger partial charge in [-0.1, -0.05) is 67.1 Å². The highest BCUT2D eigenvalue weighted by atomic mass is 16.2.